The first-order valence-electron chi connectivity index (χ1n) is 24.4. The summed E-state index contributed by atoms with van der Waals surface area (Å²) in [7, 11) is 0. The number of para-hydroxylation sites is 2. The maximum Gasteiger partial charge on any atom is 0.137 e. The van der Waals surface area contributed by atoms with Gasteiger partial charge < -0.3 is 13.9 Å². The molecule has 0 unspecified atom stereocenters. The van der Waals surface area contributed by atoms with Crippen molar-refractivity contribution < 1.29 is 4.42 Å². The summed E-state index contributed by atoms with van der Waals surface area (Å²) in [4.78, 5) is 2.43. The van der Waals surface area contributed by atoms with E-state index in [-0.39, 0.29) is 5.41 Å². The highest BCUT2D eigenvalue weighted by molar-refractivity contribution is 6.14. The number of aromatic nitrogens is 1. The van der Waals surface area contributed by atoms with Crippen LogP contribution in [-0.2, 0) is 5.41 Å². The van der Waals surface area contributed by atoms with E-state index in [4.69, 9.17) is 4.42 Å². The van der Waals surface area contributed by atoms with Crippen molar-refractivity contribution in [1.29, 1.82) is 0 Å². The summed E-state index contributed by atoms with van der Waals surface area (Å²) in [5, 5.41) is 4.71. The van der Waals surface area contributed by atoms with Gasteiger partial charge in [-0.05, 0) is 167 Å². The Morgan fingerprint density at radius 1 is 0.418 bits per heavy atom. The Kier molecular flexibility index (Phi) is 7.96. The van der Waals surface area contributed by atoms with Crippen LogP contribution >= 0.6 is 0 Å². The third kappa shape index (κ3) is 5.40. The van der Waals surface area contributed by atoms with Gasteiger partial charge in [-0.1, -0.05) is 140 Å². The van der Waals surface area contributed by atoms with Crippen LogP contribution in [0.15, 0.2) is 211 Å². The minimum atomic E-state index is 0.142. The van der Waals surface area contributed by atoms with Crippen LogP contribution in [0.25, 0.3) is 82.8 Å². The maximum absolute atomic E-state index is 6.53. The van der Waals surface area contributed by atoms with Gasteiger partial charge in [0.2, 0.25) is 0 Å². The minimum absolute atomic E-state index is 0.142. The average Bonchev–Trinajstić information content (AvgIpc) is 4.02. The third-order valence-electron chi connectivity index (χ3n) is 16.8. The summed E-state index contributed by atoms with van der Waals surface area (Å²) < 4.78 is 8.97. The van der Waals surface area contributed by atoms with Crippen molar-refractivity contribution >= 4 is 60.8 Å². The molecular weight excluding hydrogens is 813 g/mol. The number of furan rings is 1. The molecule has 67 heavy (non-hydrogen) atoms. The van der Waals surface area contributed by atoms with Crippen LogP contribution in [0.3, 0.4) is 0 Å². The Hall–Kier alpha value is -7.62. The molecule has 11 aromatic rings. The largest absolute Gasteiger partial charge is 0.456 e. The highest BCUT2D eigenvalue weighted by atomic mass is 16.3. The average molecular weight is 861 g/mol. The summed E-state index contributed by atoms with van der Waals surface area (Å²) in [5.74, 6) is 3.32. The lowest BCUT2D eigenvalue weighted by molar-refractivity contribution is -0.0399. The molecule has 3 nitrogen and oxygen atoms in total. The number of benzene rings is 9. The van der Waals surface area contributed by atoms with Crippen molar-refractivity contribution in [3.8, 4) is 39.1 Å². The van der Waals surface area contributed by atoms with E-state index in [2.05, 4.69) is 216 Å². The van der Waals surface area contributed by atoms with Crippen LogP contribution < -0.4 is 4.90 Å². The van der Waals surface area contributed by atoms with E-state index in [0.29, 0.717) is 0 Å². The van der Waals surface area contributed by atoms with Crippen molar-refractivity contribution in [2.45, 2.75) is 37.5 Å². The second-order valence-electron chi connectivity index (χ2n) is 20.1. The van der Waals surface area contributed by atoms with Gasteiger partial charge >= 0.3 is 0 Å². The van der Waals surface area contributed by atoms with Crippen LogP contribution in [-0.4, -0.2) is 4.57 Å². The zero-order chi connectivity index (χ0) is 43.8. The van der Waals surface area contributed by atoms with Gasteiger partial charge in [-0.25, -0.2) is 0 Å². The monoisotopic (exact) mass is 860 g/mol. The molecule has 0 radical (unpaired) electrons. The highest BCUT2D eigenvalue weighted by Crippen LogP contribution is 2.69. The van der Waals surface area contributed by atoms with Crippen LogP contribution in [0.4, 0.5) is 17.1 Å². The van der Waals surface area contributed by atoms with E-state index >= 15 is 0 Å². The molecule has 9 aromatic carbocycles. The molecule has 0 atom stereocenters. The van der Waals surface area contributed by atoms with Gasteiger partial charge in [0, 0.05) is 38.6 Å². The molecule has 0 amide bonds. The van der Waals surface area contributed by atoms with E-state index in [1.165, 1.54) is 87.3 Å². The molecule has 4 bridgehead atoms. The number of fused-ring (bicyclic) bond motifs is 9. The van der Waals surface area contributed by atoms with Crippen LogP contribution in [0.5, 0.6) is 0 Å². The van der Waals surface area contributed by atoms with Gasteiger partial charge in [0.1, 0.15) is 11.2 Å². The predicted molar refractivity (Wildman–Crippen MR) is 277 cm³/mol. The lowest BCUT2D eigenvalue weighted by Gasteiger charge is -2.61. The molecule has 1 spiro atoms. The van der Waals surface area contributed by atoms with E-state index in [1.54, 1.807) is 11.1 Å². The van der Waals surface area contributed by atoms with Crippen molar-refractivity contribution in [3.05, 3.63) is 217 Å². The molecule has 5 aliphatic carbocycles. The molecule has 0 aliphatic heterocycles. The van der Waals surface area contributed by atoms with E-state index in [1.807, 2.05) is 0 Å². The highest BCUT2D eigenvalue weighted by Gasteiger charge is 2.61. The van der Waals surface area contributed by atoms with Crippen LogP contribution in [0.2, 0.25) is 0 Å². The van der Waals surface area contributed by atoms with Crippen LogP contribution in [0.1, 0.15) is 43.2 Å². The summed E-state index contributed by atoms with van der Waals surface area (Å²) >= 11 is 0. The van der Waals surface area contributed by atoms with Gasteiger partial charge in [0.25, 0.3) is 0 Å². The first-order valence-corrected chi connectivity index (χ1v) is 24.4. The van der Waals surface area contributed by atoms with Crippen molar-refractivity contribution in [2.75, 3.05) is 4.90 Å². The van der Waals surface area contributed by atoms with Crippen LogP contribution in [0, 0.1) is 23.7 Å². The van der Waals surface area contributed by atoms with E-state index in [9.17, 15) is 0 Å². The zero-order valence-electron chi connectivity index (χ0n) is 37.3. The van der Waals surface area contributed by atoms with Gasteiger partial charge in [0.15, 0.2) is 0 Å². The molecule has 16 rings (SSSR count). The van der Waals surface area contributed by atoms with Crippen molar-refractivity contribution in [1.82, 2.24) is 4.57 Å². The Morgan fingerprint density at radius 2 is 1.06 bits per heavy atom. The molecule has 3 heteroatoms. The van der Waals surface area contributed by atoms with Gasteiger partial charge in [0.05, 0.1) is 22.1 Å². The van der Waals surface area contributed by atoms with E-state index < -0.39 is 0 Å². The Morgan fingerprint density at radius 3 is 1.91 bits per heavy atom. The minimum Gasteiger partial charge on any atom is -0.456 e. The number of nitrogens with zero attached hydrogens (tertiary/aromatic N) is 2. The summed E-state index contributed by atoms with van der Waals surface area (Å²) in [6.45, 7) is 0. The number of hydrogen-bond acceptors (Lipinski definition) is 2. The fraction of sp³-hybridized carbons (Fsp3) is 0.156. The number of hydrogen-bond donors (Lipinski definition) is 0. The van der Waals surface area contributed by atoms with Gasteiger partial charge in [-0.3, -0.25) is 0 Å². The lowest BCUT2D eigenvalue weighted by Crippen LogP contribution is -2.55. The fourth-order valence-electron chi connectivity index (χ4n) is 14.3. The zero-order valence-corrected chi connectivity index (χ0v) is 37.3. The second kappa shape index (κ2) is 14.2. The molecule has 2 heterocycles. The molecule has 5 aliphatic rings. The van der Waals surface area contributed by atoms with E-state index in [0.717, 1.165) is 68.4 Å². The quantitative estimate of drug-likeness (QED) is 0.166. The Labute approximate surface area is 390 Å². The molecule has 320 valence electrons. The molecule has 0 saturated heterocycles. The smallest absolute Gasteiger partial charge is 0.137 e. The SMILES string of the molecule is c1ccc(-c2ccc3c4ccccc4n(-c4cccc(N(c5ccc(-c6ccc7c(c6)C6(c8ccccc8-7)C7CC8CC(C7)CC6C8)cc5)c5cccc6oc7ccccc7c56)c4)c3c2)cc1. The number of rotatable bonds is 6. The summed E-state index contributed by atoms with van der Waals surface area (Å²) in [6.07, 6.45) is 7.02. The second-order valence-corrected chi connectivity index (χ2v) is 20.1. The standard InChI is InChI=1S/C64H48N2O/c1-2-12-42(13-3-1)45-27-31-54-53-17-5-8-20-58(53)66(60(54)38-45)50-15-10-14-49(39-50)65(59-21-11-23-62-63(59)55-18-6-9-22-61(55)67-62)48-28-24-43(25-29-48)44-26-30-52-51-16-4-7-19-56(51)64(57(52)37-44)46-33-40-32-41(35-46)36-47(64)34-40/h1-31,37-41,46-47H,32-36H2. The van der Waals surface area contributed by atoms with Crippen molar-refractivity contribution in [3.63, 3.8) is 0 Å². The number of anilines is 3. The van der Waals surface area contributed by atoms with Gasteiger partial charge in [-0.2, -0.15) is 0 Å². The Bertz CT molecular complexity index is 3750. The molecule has 2 aromatic heterocycles. The summed E-state index contributed by atoms with van der Waals surface area (Å²) in [6, 6.07) is 76.7. The summed E-state index contributed by atoms with van der Waals surface area (Å²) in [5.41, 5.74) is 19.8. The third-order valence-corrected chi connectivity index (χ3v) is 16.8. The van der Waals surface area contributed by atoms with Gasteiger partial charge in [-0.15, -0.1) is 0 Å². The molecule has 4 saturated carbocycles. The molecule has 0 N–H and O–H groups in total. The molecule has 4 fully saturated rings. The Balaban J connectivity index is 0.887. The predicted octanol–water partition coefficient (Wildman–Crippen LogP) is 17.2. The first-order chi connectivity index (χ1) is 33.2. The fourth-order valence-corrected chi connectivity index (χ4v) is 14.3. The van der Waals surface area contributed by atoms with Crippen molar-refractivity contribution in [2.24, 2.45) is 23.7 Å². The first kappa shape index (κ1) is 37.6. The lowest BCUT2D eigenvalue weighted by atomic mass is 9.43. The normalized spacial score (nSPS) is 21.2. The maximum atomic E-state index is 6.53. The topological polar surface area (TPSA) is 21.3 Å². The molecular formula is C64H48N2O.